The molecule has 0 fully saturated rings. The van der Waals surface area contributed by atoms with Crippen molar-refractivity contribution in [2.75, 3.05) is 25.6 Å². The zero-order valence-corrected chi connectivity index (χ0v) is 22.5. The molecule has 2 unspecified atom stereocenters. The molecule has 0 aromatic heterocycles. The molecular formula is C33H34N2O3. The van der Waals surface area contributed by atoms with Gasteiger partial charge in [0.15, 0.2) is 5.78 Å². The molecule has 5 rings (SSSR count). The summed E-state index contributed by atoms with van der Waals surface area (Å²) in [5, 5.41) is 3.43. The molecule has 194 valence electrons. The number of carbonyl (C=O) groups excluding carboxylic acids is 2. The lowest BCUT2D eigenvalue weighted by atomic mass is 9.71. The second-order valence-corrected chi connectivity index (χ2v) is 10.2. The number of benzene rings is 3. The normalized spacial score (nSPS) is 19.1. The van der Waals surface area contributed by atoms with Crippen LogP contribution in [-0.4, -0.2) is 32.5 Å². The number of nitrogens with one attached hydrogen (secondary N) is 1. The fourth-order valence-corrected chi connectivity index (χ4v) is 5.63. The molecule has 3 aromatic carbocycles. The van der Waals surface area contributed by atoms with Gasteiger partial charge in [-0.2, -0.15) is 0 Å². The Balaban J connectivity index is 1.53. The highest BCUT2D eigenvalue weighted by molar-refractivity contribution is 6.04. The van der Waals surface area contributed by atoms with E-state index in [2.05, 4.69) is 58.7 Å². The Hall–Kier alpha value is -4.12. The SMILES string of the molecule is CCOC(=O)C1=C(C)NC2=C(C(=O)CC(c3ccc(N(C)C)cc3)C2)C1c1ccc(-c2ccccc2)cc1. The molecule has 3 aromatic rings. The van der Waals surface area contributed by atoms with E-state index < -0.39 is 5.92 Å². The van der Waals surface area contributed by atoms with Crippen LogP contribution in [0.3, 0.4) is 0 Å². The van der Waals surface area contributed by atoms with E-state index in [1.54, 1.807) is 6.92 Å². The predicted molar refractivity (Wildman–Crippen MR) is 152 cm³/mol. The van der Waals surface area contributed by atoms with Crippen molar-refractivity contribution in [3.8, 4) is 11.1 Å². The molecule has 5 heteroatoms. The summed E-state index contributed by atoms with van der Waals surface area (Å²) in [5.41, 5.74) is 8.27. The Morgan fingerprint density at radius 1 is 0.895 bits per heavy atom. The van der Waals surface area contributed by atoms with Crippen molar-refractivity contribution >= 4 is 17.4 Å². The predicted octanol–water partition coefficient (Wildman–Crippen LogP) is 6.34. The Morgan fingerprint density at radius 2 is 1.53 bits per heavy atom. The maximum absolute atomic E-state index is 13.8. The van der Waals surface area contributed by atoms with Crippen LogP contribution in [0.1, 0.15) is 49.7 Å². The molecular weight excluding hydrogens is 472 g/mol. The first kappa shape index (κ1) is 25.5. The number of dihydropyridines is 1. The van der Waals surface area contributed by atoms with Gasteiger partial charge in [0, 0.05) is 49.1 Å². The maximum atomic E-state index is 13.8. The van der Waals surface area contributed by atoms with E-state index in [1.807, 2.05) is 51.4 Å². The summed E-state index contributed by atoms with van der Waals surface area (Å²) in [4.78, 5) is 29.1. The number of allylic oxidation sites excluding steroid dienone is 3. The van der Waals surface area contributed by atoms with Crippen LogP contribution in [0.5, 0.6) is 0 Å². The first-order valence-corrected chi connectivity index (χ1v) is 13.2. The minimum absolute atomic E-state index is 0.0758. The molecule has 0 amide bonds. The summed E-state index contributed by atoms with van der Waals surface area (Å²) in [6, 6.07) is 26.8. The average Bonchev–Trinajstić information content (AvgIpc) is 2.93. The topological polar surface area (TPSA) is 58.6 Å². The molecule has 2 aliphatic rings. The van der Waals surface area contributed by atoms with Gasteiger partial charge in [-0.05, 0) is 60.6 Å². The third-order valence-corrected chi connectivity index (χ3v) is 7.55. The summed E-state index contributed by atoms with van der Waals surface area (Å²) in [5.74, 6) is -0.676. The number of esters is 1. The average molecular weight is 507 g/mol. The second kappa shape index (κ2) is 10.7. The van der Waals surface area contributed by atoms with E-state index >= 15 is 0 Å². The molecule has 0 saturated carbocycles. The van der Waals surface area contributed by atoms with Crippen LogP contribution < -0.4 is 10.2 Å². The number of anilines is 1. The maximum Gasteiger partial charge on any atom is 0.336 e. The van der Waals surface area contributed by atoms with Gasteiger partial charge < -0.3 is 15.0 Å². The van der Waals surface area contributed by atoms with Crippen LogP contribution in [0.2, 0.25) is 0 Å². The number of hydrogen-bond donors (Lipinski definition) is 1. The third-order valence-electron chi connectivity index (χ3n) is 7.55. The minimum Gasteiger partial charge on any atom is -0.463 e. The summed E-state index contributed by atoms with van der Waals surface area (Å²) >= 11 is 0. The van der Waals surface area contributed by atoms with Crippen molar-refractivity contribution in [2.24, 2.45) is 0 Å². The second-order valence-electron chi connectivity index (χ2n) is 10.2. The first-order valence-electron chi connectivity index (χ1n) is 13.2. The summed E-state index contributed by atoms with van der Waals surface area (Å²) in [7, 11) is 4.04. The molecule has 1 aliphatic carbocycles. The zero-order valence-electron chi connectivity index (χ0n) is 22.5. The van der Waals surface area contributed by atoms with Gasteiger partial charge in [0.25, 0.3) is 0 Å². The van der Waals surface area contributed by atoms with Crippen molar-refractivity contribution in [1.82, 2.24) is 5.32 Å². The van der Waals surface area contributed by atoms with Crippen LogP contribution in [0.4, 0.5) is 5.69 Å². The van der Waals surface area contributed by atoms with Crippen molar-refractivity contribution in [1.29, 1.82) is 0 Å². The van der Waals surface area contributed by atoms with Gasteiger partial charge in [-0.15, -0.1) is 0 Å². The monoisotopic (exact) mass is 506 g/mol. The van der Waals surface area contributed by atoms with E-state index in [9.17, 15) is 9.59 Å². The van der Waals surface area contributed by atoms with Crippen molar-refractivity contribution < 1.29 is 14.3 Å². The summed E-state index contributed by atoms with van der Waals surface area (Å²) < 4.78 is 5.46. The highest BCUT2D eigenvalue weighted by Gasteiger charge is 2.41. The molecule has 0 spiro atoms. The van der Waals surface area contributed by atoms with Crippen LogP contribution in [0.25, 0.3) is 11.1 Å². The number of Topliss-reactive ketones (excluding diaryl/α,β-unsaturated/α-hetero) is 1. The Kier molecular flexibility index (Phi) is 7.19. The molecule has 0 bridgehead atoms. The lowest BCUT2D eigenvalue weighted by Crippen LogP contribution is -2.36. The fourth-order valence-electron chi connectivity index (χ4n) is 5.63. The molecule has 1 aliphatic heterocycles. The van der Waals surface area contributed by atoms with E-state index in [0.29, 0.717) is 24.0 Å². The van der Waals surface area contributed by atoms with Gasteiger partial charge in [-0.1, -0.05) is 66.7 Å². The number of rotatable bonds is 6. The van der Waals surface area contributed by atoms with Crippen LogP contribution >= 0.6 is 0 Å². The number of nitrogens with zero attached hydrogens (tertiary/aromatic N) is 1. The van der Waals surface area contributed by atoms with E-state index in [4.69, 9.17) is 4.74 Å². The largest absolute Gasteiger partial charge is 0.463 e. The van der Waals surface area contributed by atoms with Gasteiger partial charge in [-0.3, -0.25) is 4.79 Å². The van der Waals surface area contributed by atoms with E-state index in [1.165, 1.54) is 0 Å². The molecule has 1 N–H and O–H groups in total. The lowest BCUT2D eigenvalue weighted by molar-refractivity contribution is -0.138. The molecule has 1 heterocycles. The molecule has 2 atom stereocenters. The van der Waals surface area contributed by atoms with Crippen molar-refractivity contribution in [2.45, 2.75) is 38.5 Å². The van der Waals surface area contributed by atoms with Gasteiger partial charge >= 0.3 is 5.97 Å². The van der Waals surface area contributed by atoms with Crippen LogP contribution in [0.15, 0.2) is 101 Å². The van der Waals surface area contributed by atoms with E-state index in [-0.39, 0.29) is 24.3 Å². The standard InChI is InChI=1S/C33H34N2O3/c1-5-38-33(37)30-21(2)34-28-19-26(24-15-17-27(18-16-24)35(3)4)20-29(36)32(28)31(30)25-13-11-23(12-14-25)22-9-7-6-8-10-22/h6-18,26,31,34H,5,19-20H2,1-4H3. The molecule has 38 heavy (non-hydrogen) atoms. The van der Waals surface area contributed by atoms with Gasteiger partial charge in [0.2, 0.25) is 0 Å². The van der Waals surface area contributed by atoms with Crippen molar-refractivity contribution in [3.05, 3.63) is 113 Å². The molecule has 0 radical (unpaired) electrons. The number of ketones is 1. The minimum atomic E-state index is -0.459. The lowest BCUT2D eigenvalue weighted by Gasteiger charge is -2.36. The van der Waals surface area contributed by atoms with E-state index in [0.717, 1.165) is 39.3 Å². The number of hydrogen-bond acceptors (Lipinski definition) is 5. The highest BCUT2D eigenvalue weighted by atomic mass is 16.5. The molecule has 5 nitrogen and oxygen atoms in total. The zero-order chi connectivity index (χ0) is 26.8. The highest BCUT2D eigenvalue weighted by Crippen LogP contribution is 2.46. The smallest absolute Gasteiger partial charge is 0.336 e. The molecule has 0 saturated heterocycles. The van der Waals surface area contributed by atoms with Crippen molar-refractivity contribution in [3.63, 3.8) is 0 Å². The Labute approximate surface area is 224 Å². The van der Waals surface area contributed by atoms with Gasteiger partial charge in [0.05, 0.1) is 12.2 Å². The van der Waals surface area contributed by atoms with Crippen LogP contribution in [-0.2, 0) is 14.3 Å². The number of ether oxygens (including phenoxy) is 1. The quantitative estimate of drug-likeness (QED) is 0.395. The fraction of sp³-hybridized carbons (Fsp3) is 0.273. The van der Waals surface area contributed by atoms with Gasteiger partial charge in [-0.25, -0.2) is 4.79 Å². The Morgan fingerprint density at radius 3 is 2.16 bits per heavy atom. The number of carbonyl (C=O) groups is 2. The van der Waals surface area contributed by atoms with Crippen LogP contribution in [0, 0.1) is 0 Å². The Bertz CT molecular complexity index is 1400. The third kappa shape index (κ3) is 4.89. The van der Waals surface area contributed by atoms with Gasteiger partial charge in [0.1, 0.15) is 0 Å². The first-order chi connectivity index (χ1) is 18.4. The summed E-state index contributed by atoms with van der Waals surface area (Å²) in [6.07, 6.45) is 1.13. The summed E-state index contributed by atoms with van der Waals surface area (Å²) in [6.45, 7) is 3.98.